The molecule has 0 saturated carbocycles. The second kappa shape index (κ2) is 8.46. The first kappa shape index (κ1) is 18.7. The number of hydrogen-bond donors (Lipinski definition) is 2. The van der Waals surface area contributed by atoms with Crippen molar-refractivity contribution in [3.63, 3.8) is 0 Å². The number of benzene rings is 2. The molecule has 25 heavy (non-hydrogen) atoms. The van der Waals surface area contributed by atoms with Gasteiger partial charge in [-0.3, -0.25) is 19.7 Å². The fourth-order valence-electron chi connectivity index (χ4n) is 1.98. The summed E-state index contributed by atoms with van der Waals surface area (Å²) in [5.41, 5.74) is 0.632. The summed E-state index contributed by atoms with van der Waals surface area (Å²) >= 11 is 11.7. The second-order valence-electron chi connectivity index (χ2n) is 5.02. The van der Waals surface area contributed by atoms with Gasteiger partial charge in [-0.05, 0) is 30.3 Å². The maximum absolute atomic E-state index is 11.9. The van der Waals surface area contributed by atoms with Crippen LogP contribution in [0.25, 0.3) is 0 Å². The van der Waals surface area contributed by atoms with E-state index in [1.54, 1.807) is 18.2 Å². The lowest BCUT2D eigenvalue weighted by atomic mass is 10.2. The molecule has 2 aromatic carbocycles. The van der Waals surface area contributed by atoms with Crippen LogP contribution in [-0.2, 0) is 4.79 Å². The van der Waals surface area contributed by atoms with Crippen LogP contribution in [0.15, 0.2) is 42.5 Å². The molecule has 0 aromatic heterocycles. The largest absolute Gasteiger partial charge is 0.352 e. The zero-order valence-corrected chi connectivity index (χ0v) is 14.3. The average molecular weight is 382 g/mol. The van der Waals surface area contributed by atoms with Crippen LogP contribution < -0.4 is 10.6 Å². The molecular formula is C16H13Cl2N3O4. The molecule has 0 atom stereocenters. The van der Waals surface area contributed by atoms with E-state index in [1.807, 2.05) is 0 Å². The molecule has 0 aliphatic heterocycles. The predicted molar refractivity (Wildman–Crippen MR) is 95.1 cm³/mol. The highest BCUT2D eigenvalue weighted by Crippen LogP contribution is 2.22. The molecule has 0 aliphatic rings. The fraction of sp³-hybridized carbons (Fsp3) is 0.125. The van der Waals surface area contributed by atoms with E-state index in [4.69, 9.17) is 23.2 Å². The van der Waals surface area contributed by atoms with Gasteiger partial charge in [0.25, 0.3) is 11.6 Å². The number of amides is 2. The molecule has 0 unspecified atom stereocenters. The molecule has 0 saturated heterocycles. The minimum absolute atomic E-state index is 0.0445. The minimum atomic E-state index is -0.548. The van der Waals surface area contributed by atoms with Gasteiger partial charge < -0.3 is 10.6 Å². The van der Waals surface area contributed by atoms with E-state index < -0.39 is 10.8 Å². The van der Waals surface area contributed by atoms with Crippen molar-refractivity contribution in [3.05, 3.63) is 68.2 Å². The first-order valence-electron chi connectivity index (χ1n) is 7.14. The molecule has 2 amide bonds. The Labute approximate surface area is 153 Å². The smallest absolute Gasteiger partial charge is 0.269 e. The van der Waals surface area contributed by atoms with Crippen LogP contribution in [0.2, 0.25) is 10.0 Å². The molecule has 0 bridgehead atoms. The van der Waals surface area contributed by atoms with E-state index in [1.165, 1.54) is 24.3 Å². The number of carbonyl (C=O) groups is 2. The van der Waals surface area contributed by atoms with E-state index >= 15 is 0 Å². The quantitative estimate of drug-likeness (QED) is 0.588. The summed E-state index contributed by atoms with van der Waals surface area (Å²) in [5, 5.41) is 16.5. The number of nitro benzene ring substituents is 1. The van der Waals surface area contributed by atoms with Gasteiger partial charge in [-0.25, -0.2) is 0 Å². The van der Waals surface area contributed by atoms with Crippen molar-refractivity contribution in [2.24, 2.45) is 0 Å². The number of halogens is 2. The number of nitrogens with zero attached hydrogens (tertiary/aromatic N) is 1. The van der Waals surface area contributed by atoms with Gasteiger partial charge in [-0.1, -0.05) is 23.2 Å². The van der Waals surface area contributed by atoms with Gasteiger partial charge in [0.1, 0.15) is 0 Å². The monoisotopic (exact) mass is 381 g/mol. The predicted octanol–water partition coefficient (Wildman–Crippen LogP) is 3.66. The van der Waals surface area contributed by atoms with E-state index in [-0.39, 0.29) is 30.1 Å². The molecule has 2 N–H and O–H groups in total. The molecule has 9 heteroatoms. The Morgan fingerprint density at radius 1 is 1.04 bits per heavy atom. The zero-order valence-electron chi connectivity index (χ0n) is 12.8. The third-order valence-corrected chi connectivity index (χ3v) is 3.56. The molecular weight excluding hydrogens is 369 g/mol. The lowest BCUT2D eigenvalue weighted by Crippen LogP contribution is -2.27. The van der Waals surface area contributed by atoms with Crippen LogP contribution in [0, 0.1) is 10.1 Å². The number of rotatable bonds is 6. The second-order valence-corrected chi connectivity index (χ2v) is 5.89. The summed E-state index contributed by atoms with van der Waals surface area (Å²) in [6.45, 7) is 0.107. The molecule has 0 spiro atoms. The van der Waals surface area contributed by atoms with E-state index in [9.17, 15) is 19.7 Å². The molecule has 0 fully saturated rings. The summed E-state index contributed by atoms with van der Waals surface area (Å²) in [5.74, 6) is -0.740. The summed E-state index contributed by atoms with van der Waals surface area (Å²) in [6.07, 6.45) is 0.0445. The highest BCUT2D eigenvalue weighted by molar-refractivity contribution is 6.35. The van der Waals surface area contributed by atoms with Gasteiger partial charge >= 0.3 is 0 Å². The normalized spacial score (nSPS) is 10.2. The van der Waals surface area contributed by atoms with Crippen molar-refractivity contribution >= 4 is 46.4 Å². The summed E-state index contributed by atoms with van der Waals surface area (Å²) in [7, 11) is 0. The standard InChI is InChI=1S/C16H13Cl2N3O4/c17-11-7-12(18)9-13(8-11)20-15(22)5-6-19-16(23)10-1-3-14(4-2-10)21(24)25/h1-4,7-9H,5-6H2,(H,19,23)(H,20,22). The number of hydrogen-bond acceptors (Lipinski definition) is 4. The number of nitrogens with one attached hydrogen (secondary N) is 2. The SMILES string of the molecule is O=C(CCNC(=O)c1ccc([N+](=O)[O-])cc1)Nc1cc(Cl)cc(Cl)c1. The van der Waals surface area contributed by atoms with Crippen molar-refractivity contribution in [2.75, 3.05) is 11.9 Å². The highest BCUT2D eigenvalue weighted by atomic mass is 35.5. The molecule has 2 rings (SSSR count). The third-order valence-electron chi connectivity index (χ3n) is 3.12. The lowest BCUT2D eigenvalue weighted by Gasteiger charge is -2.07. The summed E-state index contributed by atoms with van der Waals surface area (Å²) < 4.78 is 0. The summed E-state index contributed by atoms with van der Waals surface area (Å²) in [4.78, 5) is 33.8. The first-order valence-corrected chi connectivity index (χ1v) is 7.89. The van der Waals surface area contributed by atoms with Gasteiger partial charge in [-0.15, -0.1) is 0 Å². The van der Waals surface area contributed by atoms with Crippen LogP contribution in [0.1, 0.15) is 16.8 Å². The van der Waals surface area contributed by atoms with Crippen LogP contribution in [0.3, 0.4) is 0 Å². The van der Waals surface area contributed by atoms with Crippen molar-refractivity contribution in [1.29, 1.82) is 0 Å². The van der Waals surface area contributed by atoms with Gasteiger partial charge in [0.05, 0.1) is 4.92 Å². The molecule has 2 aromatic rings. The molecule has 0 heterocycles. The fourth-order valence-corrected chi connectivity index (χ4v) is 2.50. The third kappa shape index (κ3) is 5.74. The Hall–Kier alpha value is -2.64. The minimum Gasteiger partial charge on any atom is -0.352 e. The van der Waals surface area contributed by atoms with E-state index in [0.717, 1.165) is 0 Å². The topological polar surface area (TPSA) is 101 Å². The number of nitro groups is 1. The number of carbonyl (C=O) groups excluding carboxylic acids is 2. The van der Waals surface area contributed by atoms with Crippen molar-refractivity contribution in [2.45, 2.75) is 6.42 Å². The summed E-state index contributed by atoms with van der Waals surface area (Å²) in [6, 6.07) is 9.84. The van der Waals surface area contributed by atoms with Crippen LogP contribution in [-0.4, -0.2) is 23.3 Å². The van der Waals surface area contributed by atoms with Crippen molar-refractivity contribution < 1.29 is 14.5 Å². The molecule has 7 nitrogen and oxygen atoms in total. The Balaban J connectivity index is 1.82. The van der Waals surface area contributed by atoms with Crippen LogP contribution in [0.5, 0.6) is 0 Å². The Bertz CT molecular complexity index is 789. The van der Waals surface area contributed by atoms with Gasteiger partial charge in [0, 0.05) is 46.4 Å². The molecule has 0 radical (unpaired) electrons. The maximum atomic E-state index is 11.9. The van der Waals surface area contributed by atoms with Crippen LogP contribution in [0.4, 0.5) is 11.4 Å². The zero-order chi connectivity index (χ0) is 18.4. The Morgan fingerprint density at radius 3 is 2.20 bits per heavy atom. The van der Waals surface area contributed by atoms with Crippen molar-refractivity contribution in [1.82, 2.24) is 5.32 Å². The molecule has 130 valence electrons. The van der Waals surface area contributed by atoms with Gasteiger partial charge in [-0.2, -0.15) is 0 Å². The molecule has 0 aliphatic carbocycles. The van der Waals surface area contributed by atoms with Crippen LogP contribution >= 0.6 is 23.2 Å². The highest BCUT2D eigenvalue weighted by Gasteiger charge is 2.10. The maximum Gasteiger partial charge on any atom is 0.269 e. The number of anilines is 1. The average Bonchev–Trinajstić information content (AvgIpc) is 2.53. The van der Waals surface area contributed by atoms with E-state index in [0.29, 0.717) is 15.7 Å². The number of non-ortho nitro benzene ring substituents is 1. The first-order chi connectivity index (χ1) is 11.8. The van der Waals surface area contributed by atoms with Gasteiger partial charge in [0.2, 0.25) is 5.91 Å². The van der Waals surface area contributed by atoms with Gasteiger partial charge in [0.15, 0.2) is 0 Å². The Kier molecular flexibility index (Phi) is 6.32. The Morgan fingerprint density at radius 2 is 1.64 bits per heavy atom. The van der Waals surface area contributed by atoms with E-state index in [2.05, 4.69) is 10.6 Å². The van der Waals surface area contributed by atoms with Crippen molar-refractivity contribution in [3.8, 4) is 0 Å². The lowest BCUT2D eigenvalue weighted by molar-refractivity contribution is -0.384.